The van der Waals surface area contributed by atoms with E-state index in [0.717, 1.165) is 0 Å². The highest BCUT2D eigenvalue weighted by Gasteiger charge is 2.13. The topological polar surface area (TPSA) is 12.5 Å². The Morgan fingerprint density at radius 2 is 0.773 bits per heavy atom. The molecule has 0 saturated heterocycles. The third-order valence-electron chi connectivity index (χ3n) is 8.12. The molecule has 44 heavy (non-hydrogen) atoms. The molecule has 0 unspecified atom stereocenters. The highest BCUT2D eigenvalue weighted by molar-refractivity contribution is 6.04. The van der Waals surface area contributed by atoms with Crippen molar-refractivity contribution in [2.24, 2.45) is 0 Å². The summed E-state index contributed by atoms with van der Waals surface area (Å²) in [5.41, 5.74) is 14.4. The summed E-state index contributed by atoms with van der Waals surface area (Å²) in [6, 6.07) is 17.7. The molecule has 2 aromatic rings. The Kier molecular flexibility index (Phi) is 10.4. The van der Waals surface area contributed by atoms with Gasteiger partial charge in [-0.1, -0.05) is 36.4 Å². The average Bonchev–Trinajstić information content (AvgIpc) is 3.02. The largest absolute Gasteiger partial charge is 0.378 e. The molecule has 0 N–H and O–H groups in total. The van der Waals surface area contributed by atoms with E-state index in [9.17, 15) is 0 Å². The van der Waals surface area contributed by atoms with Gasteiger partial charge in [0.25, 0.3) is 0 Å². The van der Waals surface area contributed by atoms with Gasteiger partial charge in [-0.25, -0.2) is 9.15 Å². The van der Waals surface area contributed by atoms with Crippen LogP contribution in [0.1, 0.15) is 25.0 Å². The summed E-state index contributed by atoms with van der Waals surface area (Å²) in [5.74, 6) is 0. The van der Waals surface area contributed by atoms with Crippen LogP contribution >= 0.6 is 0 Å². The predicted octanol–water partition coefficient (Wildman–Crippen LogP) is 7.60. The van der Waals surface area contributed by atoms with Crippen LogP contribution in [0.5, 0.6) is 0 Å². The Labute approximate surface area is 265 Å². The van der Waals surface area contributed by atoms with Gasteiger partial charge >= 0.3 is 0 Å². The molecule has 4 heteroatoms. The van der Waals surface area contributed by atoms with Gasteiger partial charge in [0.15, 0.2) is 11.4 Å². The number of rotatable bonds is 7. The molecule has 0 amide bonds. The zero-order chi connectivity index (χ0) is 32.0. The van der Waals surface area contributed by atoms with E-state index in [-0.39, 0.29) is 0 Å². The number of allylic oxidation sites excluding steroid dienone is 16. The van der Waals surface area contributed by atoms with Gasteiger partial charge in [0.1, 0.15) is 28.2 Å². The summed E-state index contributed by atoms with van der Waals surface area (Å²) in [7, 11) is 16.6. The van der Waals surface area contributed by atoms with Crippen molar-refractivity contribution in [2.75, 3.05) is 66.2 Å². The highest BCUT2D eigenvalue weighted by atomic mass is 15.1. The van der Waals surface area contributed by atoms with Crippen LogP contribution in [0, 0.1) is 0 Å². The van der Waals surface area contributed by atoms with Crippen LogP contribution in [0.25, 0.3) is 11.1 Å². The Bertz CT molecular complexity index is 1530. The van der Waals surface area contributed by atoms with E-state index in [1.54, 1.807) is 0 Å². The molecular formula is C40H48N4+2. The molecule has 4 nitrogen and oxygen atoms in total. The molecule has 2 aliphatic carbocycles. The van der Waals surface area contributed by atoms with E-state index in [1.807, 2.05) is 0 Å². The van der Waals surface area contributed by atoms with Crippen LogP contribution in [0.2, 0.25) is 0 Å². The molecular weight excluding hydrogens is 536 g/mol. The second-order valence-corrected chi connectivity index (χ2v) is 12.2. The lowest BCUT2D eigenvalue weighted by molar-refractivity contribution is -0.462. The number of benzene rings is 2. The molecule has 0 radical (unpaired) electrons. The maximum absolute atomic E-state index is 2.34. The molecule has 2 aromatic carbocycles. The molecule has 0 spiro atoms. The van der Waals surface area contributed by atoms with E-state index in [4.69, 9.17) is 0 Å². The molecule has 226 valence electrons. The van der Waals surface area contributed by atoms with Gasteiger partial charge in [0.2, 0.25) is 0 Å². The first-order chi connectivity index (χ1) is 20.9. The number of nitrogens with zero attached hydrogens (tertiary/aromatic N) is 4. The van der Waals surface area contributed by atoms with Gasteiger partial charge in [-0.3, -0.25) is 0 Å². The Balaban J connectivity index is 1.83. The molecule has 4 rings (SSSR count). The fourth-order valence-corrected chi connectivity index (χ4v) is 5.08. The Hall–Kier alpha value is -4.70. The molecule has 0 heterocycles. The molecule has 0 saturated carbocycles. The summed E-state index contributed by atoms with van der Waals surface area (Å²) in [6.45, 7) is 4.44. The van der Waals surface area contributed by atoms with Crippen LogP contribution in [0.4, 0.5) is 11.4 Å². The van der Waals surface area contributed by atoms with E-state index in [1.165, 1.54) is 67.4 Å². The second-order valence-electron chi connectivity index (χ2n) is 12.2. The first kappa shape index (κ1) is 32.2. The first-order valence-electron chi connectivity index (χ1n) is 15.2. The summed E-state index contributed by atoms with van der Waals surface area (Å²) >= 11 is 0. The SMILES string of the molecule is CC(=C\C(=C1C=CC(=[N+](C)C)C=C1)c1ccc(N(C)C)cc1)/C(C)=C/C(=C1C=CC(=[N+](C)C)C=C1)c1ccc(N(C)C)cc1. The van der Waals surface area contributed by atoms with Gasteiger partial charge in [-0.15, -0.1) is 0 Å². The third kappa shape index (κ3) is 7.82. The summed E-state index contributed by atoms with van der Waals surface area (Å²) in [5, 5.41) is 0. The lowest BCUT2D eigenvalue weighted by Gasteiger charge is -2.16. The van der Waals surface area contributed by atoms with Crippen LogP contribution in [-0.4, -0.2) is 77.0 Å². The number of hydrogen-bond donors (Lipinski definition) is 0. The van der Waals surface area contributed by atoms with Crippen molar-refractivity contribution < 1.29 is 9.15 Å². The highest BCUT2D eigenvalue weighted by Crippen LogP contribution is 2.31. The van der Waals surface area contributed by atoms with Crippen molar-refractivity contribution >= 4 is 33.9 Å². The van der Waals surface area contributed by atoms with Crippen molar-refractivity contribution in [3.05, 3.63) is 143 Å². The van der Waals surface area contributed by atoms with Crippen molar-refractivity contribution in [3.63, 3.8) is 0 Å². The third-order valence-corrected chi connectivity index (χ3v) is 8.12. The molecule has 0 aliphatic heterocycles. The van der Waals surface area contributed by atoms with E-state index >= 15 is 0 Å². The summed E-state index contributed by atoms with van der Waals surface area (Å²) in [6.07, 6.45) is 22.3. The fraction of sp³-hybridized carbons (Fsp3) is 0.250. The van der Waals surface area contributed by atoms with E-state index < -0.39 is 0 Å². The van der Waals surface area contributed by atoms with Crippen molar-refractivity contribution in [1.82, 2.24) is 0 Å². The number of hydrogen-bond acceptors (Lipinski definition) is 2. The minimum atomic E-state index is 1.19. The van der Waals surface area contributed by atoms with Crippen molar-refractivity contribution in [1.29, 1.82) is 0 Å². The lowest BCUT2D eigenvalue weighted by atomic mass is 9.91. The quantitative estimate of drug-likeness (QED) is 0.246. The first-order valence-corrected chi connectivity index (χ1v) is 15.2. The van der Waals surface area contributed by atoms with Gasteiger partial charge in [0.05, 0.1) is 0 Å². The molecule has 0 atom stereocenters. The van der Waals surface area contributed by atoms with Gasteiger partial charge in [0, 0.05) is 63.9 Å². The van der Waals surface area contributed by atoms with Gasteiger partial charge in [-0.2, -0.15) is 0 Å². The zero-order valence-corrected chi connectivity index (χ0v) is 28.2. The summed E-state index contributed by atoms with van der Waals surface area (Å²) in [4.78, 5) is 4.27. The maximum Gasteiger partial charge on any atom is 0.199 e. The minimum Gasteiger partial charge on any atom is -0.378 e. The van der Waals surface area contributed by atoms with Crippen LogP contribution in [-0.2, 0) is 0 Å². The molecule has 0 aromatic heterocycles. The van der Waals surface area contributed by atoms with Gasteiger partial charge < -0.3 is 9.80 Å². The minimum absolute atomic E-state index is 1.19. The van der Waals surface area contributed by atoms with E-state index in [2.05, 4.69) is 198 Å². The zero-order valence-electron chi connectivity index (χ0n) is 28.2. The van der Waals surface area contributed by atoms with E-state index in [0.29, 0.717) is 0 Å². The Morgan fingerprint density at radius 3 is 1.02 bits per heavy atom. The predicted molar refractivity (Wildman–Crippen MR) is 194 cm³/mol. The Morgan fingerprint density at radius 1 is 0.477 bits per heavy atom. The lowest BCUT2D eigenvalue weighted by Crippen LogP contribution is -2.10. The maximum atomic E-state index is 2.34. The normalized spacial score (nSPS) is 14.8. The monoisotopic (exact) mass is 584 g/mol. The molecule has 2 aliphatic rings. The number of anilines is 2. The average molecular weight is 585 g/mol. The summed E-state index contributed by atoms with van der Waals surface area (Å²) < 4.78 is 4.27. The van der Waals surface area contributed by atoms with Crippen LogP contribution < -0.4 is 9.80 Å². The second kappa shape index (κ2) is 14.2. The molecule has 0 fully saturated rings. The molecule has 0 bridgehead atoms. The standard InChI is InChI=1S/C40H48N4/c1-29(27-39(31-11-19-35(20-12-31)41(3)4)32-13-21-36(22-14-32)42(5)6)30(2)28-40(33-15-23-37(24-16-33)43(7)8)34-17-25-38(26-18-34)44(9)10/h11-28H,1-10H3/q+2/b29-27+,30-28+. The van der Waals surface area contributed by atoms with Gasteiger partial charge in [-0.05, 0) is 107 Å². The van der Waals surface area contributed by atoms with Crippen molar-refractivity contribution in [3.8, 4) is 0 Å². The van der Waals surface area contributed by atoms with Crippen LogP contribution in [0.15, 0.2) is 132 Å². The fourth-order valence-electron chi connectivity index (χ4n) is 5.08. The van der Waals surface area contributed by atoms with Crippen LogP contribution in [0.3, 0.4) is 0 Å². The van der Waals surface area contributed by atoms with Crippen molar-refractivity contribution in [2.45, 2.75) is 13.8 Å². The smallest absolute Gasteiger partial charge is 0.199 e.